The second-order valence-corrected chi connectivity index (χ2v) is 11.0. The van der Waals surface area contributed by atoms with Gasteiger partial charge in [-0.15, -0.1) is 0 Å². The number of carbonyl (C=O) groups excluding carboxylic acids is 1. The first-order chi connectivity index (χ1) is 19.4. The summed E-state index contributed by atoms with van der Waals surface area (Å²) in [4.78, 5) is 32.4. The Kier molecular flexibility index (Phi) is 7.00. The normalized spacial score (nSPS) is 15.3. The fourth-order valence-electron chi connectivity index (χ4n) is 5.18. The van der Waals surface area contributed by atoms with E-state index in [0.717, 1.165) is 27.7 Å². The van der Waals surface area contributed by atoms with Crippen molar-refractivity contribution in [2.24, 2.45) is 4.99 Å². The number of para-hydroxylation sites is 1. The zero-order chi connectivity index (χ0) is 27.8. The summed E-state index contributed by atoms with van der Waals surface area (Å²) in [5.74, 6) is -0.463. The summed E-state index contributed by atoms with van der Waals surface area (Å²) in [5.41, 5.74) is 4.62. The third-order valence-electron chi connectivity index (χ3n) is 7.01. The number of allylic oxidation sites excluding steroid dienone is 1. The van der Waals surface area contributed by atoms with Crippen molar-refractivity contribution in [1.29, 1.82) is 0 Å². The zero-order valence-corrected chi connectivity index (χ0v) is 23.6. The predicted molar refractivity (Wildman–Crippen MR) is 159 cm³/mol. The molecule has 3 heterocycles. The van der Waals surface area contributed by atoms with E-state index < -0.39 is 12.0 Å². The number of rotatable bonds is 6. The van der Waals surface area contributed by atoms with Crippen LogP contribution in [0.1, 0.15) is 36.7 Å². The molecule has 200 valence electrons. The molecule has 0 fully saturated rings. The fraction of sp³-hybridized carbons (Fsp3) is 0.156. The van der Waals surface area contributed by atoms with E-state index in [2.05, 4.69) is 22.8 Å². The van der Waals surface area contributed by atoms with Gasteiger partial charge in [0.15, 0.2) is 4.80 Å². The summed E-state index contributed by atoms with van der Waals surface area (Å²) in [7, 11) is 0. The fourth-order valence-corrected chi connectivity index (χ4v) is 6.33. The maximum absolute atomic E-state index is 14.0. The Labute approximate surface area is 239 Å². The molecule has 5 aromatic rings. The lowest BCUT2D eigenvalue weighted by Gasteiger charge is -2.24. The van der Waals surface area contributed by atoms with Crippen molar-refractivity contribution in [3.05, 3.63) is 138 Å². The van der Waals surface area contributed by atoms with Gasteiger partial charge in [0.2, 0.25) is 0 Å². The Morgan fingerprint density at radius 1 is 1.05 bits per heavy atom. The van der Waals surface area contributed by atoms with E-state index in [1.807, 2.05) is 72.8 Å². The molecule has 1 atom stereocenters. The summed E-state index contributed by atoms with van der Waals surface area (Å²) in [6.45, 7) is 4.42. The number of hydrogen-bond acceptors (Lipinski definition) is 5. The van der Waals surface area contributed by atoms with Crippen LogP contribution in [0.25, 0.3) is 17.0 Å². The van der Waals surface area contributed by atoms with Crippen LogP contribution in [-0.2, 0) is 16.1 Å². The van der Waals surface area contributed by atoms with E-state index in [9.17, 15) is 9.59 Å². The minimum absolute atomic E-state index is 0.199. The third-order valence-corrected chi connectivity index (χ3v) is 8.24. The molecule has 0 unspecified atom stereocenters. The number of nitrogens with zero attached hydrogens (tertiary/aromatic N) is 3. The molecular weight excluding hydrogens is 542 g/mol. The molecule has 0 saturated carbocycles. The van der Waals surface area contributed by atoms with Gasteiger partial charge in [-0.25, -0.2) is 9.79 Å². The molecule has 1 aliphatic rings. The van der Waals surface area contributed by atoms with Gasteiger partial charge in [0, 0.05) is 28.2 Å². The molecule has 8 heteroatoms. The summed E-state index contributed by atoms with van der Waals surface area (Å²) >= 11 is 7.44. The monoisotopic (exact) mass is 567 g/mol. The molecule has 0 N–H and O–H groups in total. The topological polar surface area (TPSA) is 65.6 Å². The number of halogens is 1. The number of hydrogen-bond donors (Lipinski definition) is 0. The second-order valence-electron chi connectivity index (χ2n) is 9.55. The highest BCUT2D eigenvalue weighted by molar-refractivity contribution is 7.07. The van der Waals surface area contributed by atoms with E-state index in [4.69, 9.17) is 21.3 Å². The maximum Gasteiger partial charge on any atom is 0.338 e. The Morgan fingerprint density at radius 2 is 1.77 bits per heavy atom. The van der Waals surface area contributed by atoms with Gasteiger partial charge >= 0.3 is 5.97 Å². The van der Waals surface area contributed by atoms with Crippen LogP contribution in [0.4, 0.5) is 0 Å². The van der Waals surface area contributed by atoms with Gasteiger partial charge in [-0.1, -0.05) is 83.6 Å². The Hall–Kier alpha value is -4.20. The van der Waals surface area contributed by atoms with Crippen molar-refractivity contribution < 1.29 is 9.53 Å². The molecule has 0 bridgehead atoms. The summed E-state index contributed by atoms with van der Waals surface area (Å²) < 4.78 is 9.74. The Morgan fingerprint density at radius 3 is 2.52 bits per heavy atom. The predicted octanol–water partition coefficient (Wildman–Crippen LogP) is 5.45. The van der Waals surface area contributed by atoms with Crippen molar-refractivity contribution in [2.75, 3.05) is 6.61 Å². The molecule has 1 aliphatic heterocycles. The first kappa shape index (κ1) is 26.0. The molecule has 6 rings (SSSR count). The molecule has 3 aromatic carbocycles. The zero-order valence-electron chi connectivity index (χ0n) is 22.0. The van der Waals surface area contributed by atoms with E-state index in [1.165, 1.54) is 11.3 Å². The molecule has 2 aromatic heterocycles. The van der Waals surface area contributed by atoms with Crippen LogP contribution in [0, 0.1) is 0 Å². The standard InChI is InChI=1S/C32H26ClN3O3S/c1-3-39-31(38)28-20(2)34-32-36(29(28)22-9-5-4-6-10-22)30(37)27(40-32)18-25-17-23-11-7-8-12-26(23)35(25)19-21-13-15-24(33)16-14-21/h4-18,29H,3,19H2,1-2H3/b27-18+/t29-/m0/s1. The van der Waals surface area contributed by atoms with Crippen LogP contribution in [0.3, 0.4) is 0 Å². The average Bonchev–Trinajstić information content (AvgIpc) is 3.46. The van der Waals surface area contributed by atoms with Crippen LogP contribution in [0.2, 0.25) is 5.02 Å². The van der Waals surface area contributed by atoms with E-state index in [-0.39, 0.29) is 12.2 Å². The second kappa shape index (κ2) is 10.8. The molecule has 0 aliphatic carbocycles. The van der Waals surface area contributed by atoms with Crippen LogP contribution >= 0.6 is 22.9 Å². The molecule has 0 saturated heterocycles. The molecule has 0 radical (unpaired) electrons. The summed E-state index contributed by atoms with van der Waals surface area (Å²) in [6, 6.07) is 27.0. The molecule has 0 amide bonds. The summed E-state index contributed by atoms with van der Waals surface area (Å²) in [6.07, 6.45) is 1.92. The number of carbonyl (C=O) groups is 1. The molecule has 0 spiro atoms. The SMILES string of the molecule is CCOC(=O)C1=C(C)N=c2s/c(=C/c3cc4ccccc4n3Cc3ccc(Cl)cc3)c(=O)n2[C@H]1c1ccccc1. The van der Waals surface area contributed by atoms with Crippen molar-refractivity contribution in [1.82, 2.24) is 9.13 Å². The lowest BCUT2D eigenvalue weighted by Crippen LogP contribution is -2.40. The van der Waals surface area contributed by atoms with Crippen LogP contribution in [0.15, 0.2) is 106 Å². The van der Waals surface area contributed by atoms with Gasteiger partial charge < -0.3 is 9.30 Å². The van der Waals surface area contributed by atoms with Crippen LogP contribution in [-0.4, -0.2) is 21.7 Å². The van der Waals surface area contributed by atoms with Crippen molar-refractivity contribution >= 4 is 45.9 Å². The molecular formula is C32H26ClN3O3S. The first-order valence-electron chi connectivity index (χ1n) is 13.0. The van der Waals surface area contributed by atoms with Crippen molar-refractivity contribution in [2.45, 2.75) is 26.4 Å². The van der Waals surface area contributed by atoms with Crippen molar-refractivity contribution in [3.63, 3.8) is 0 Å². The van der Waals surface area contributed by atoms with Gasteiger partial charge in [0.05, 0.1) is 28.5 Å². The van der Waals surface area contributed by atoms with Gasteiger partial charge in [0.25, 0.3) is 5.56 Å². The number of aromatic nitrogens is 2. The highest BCUT2D eigenvalue weighted by atomic mass is 35.5. The minimum Gasteiger partial charge on any atom is -0.463 e. The smallest absolute Gasteiger partial charge is 0.338 e. The Balaban J connectivity index is 1.54. The quantitative estimate of drug-likeness (QED) is 0.256. The highest BCUT2D eigenvalue weighted by Crippen LogP contribution is 2.30. The number of ether oxygens (including phenoxy) is 1. The van der Waals surface area contributed by atoms with E-state index >= 15 is 0 Å². The van der Waals surface area contributed by atoms with Crippen LogP contribution in [0.5, 0.6) is 0 Å². The molecule has 6 nitrogen and oxygen atoms in total. The summed E-state index contributed by atoms with van der Waals surface area (Å²) in [5, 5.41) is 1.77. The first-order valence-corrected chi connectivity index (χ1v) is 14.2. The lowest BCUT2D eigenvalue weighted by molar-refractivity contribution is -0.139. The number of thiazole rings is 1. The van der Waals surface area contributed by atoms with Gasteiger partial charge in [-0.2, -0.15) is 0 Å². The maximum atomic E-state index is 14.0. The number of benzene rings is 3. The van der Waals surface area contributed by atoms with E-state index in [0.29, 0.717) is 32.2 Å². The van der Waals surface area contributed by atoms with Gasteiger partial charge in [-0.05, 0) is 55.3 Å². The lowest BCUT2D eigenvalue weighted by atomic mass is 9.96. The minimum atomic E-state index is -0.626. The Bertz CT molecular complexity index is 1950. The number of esters is 1. The van der Waals surface area contributed by atoms with Gasteiger partial charge in [0.1, 0.15) is 0 Å². The largest absolute Gasteiger partial charge is 0.463 e. The highest BCUT2D eigenvalue weighted by Gasteiger charge is 2.33. The average molecular weight is 568 g/mol. The number of fused-ring (bicyclic) bond motifs is 2. The van der Waals surface area contributed by atoms with Gasteiger partial charge in [-0.3, -0.25) is 9.36 Å². The van der Waals surface area contributed by atoms with E-state index in [1.54, 1.807) is 18.4 Å². The van der Waals surface area contributed by atoms with Crippen LogP contribution < -0.4 is 14.9 Å². The molecule has 40 heavy (non-hydrogen) atoms. The third kappa shape index (κ3) is 4.72. The van der Waals surface area contributed by atoms with Crippen molar-refractivity contribution in [3.8, 4) is 0 Å².